The van der Waals surface area contributed by atoms with Crippen LogP contribution in [0.4, 0.5) is 4.39 Å². The first-order valence-corrected chi connectivity index (χ1v) is 6.62. The van der Waals surface area contributed by atoms with Gasteiger partial charge in [0.05, 0.1) is 0 Å². The molecule has 0 fully saturated rings. The minimum Gasteiger partial charge on any atom is -0.243 e. The van der Waals surface area contributed by atoms with Crippen LogP contribution in [0.15, 0.2) is 12.2 Å². The van der Waals surface area contributed by atoms with E-state index in [1.165, 1.54) is 38.5 Å². The molecule has 0 heterocycles. The Labute approximate surface area is 95.0 Å². The Morgan fingerprint density at radius 2 is 1.60 bits per heavy atom. The SMILES string of the molecule is CCCCCC=CC(F)CCCCCC. The summed E-state index contributed by atoms with van der Waals surface area (Å²) in [6.45, 7) is 4.37. The van der Waals surface area contributed by atoms with Gasteiger partial charge in [-0.3, -0.25) is 0 Å². The molecule has 90 valence electrons. The molecule has 0 aromatic heterocycles. The molecule has 1 heteroatoms. The normalized spacial score (nSPS) is 13.5. The lowest BCUT2D eigenvalue weighted by Gasteiger charge is -2.02. The highest BCUT2D eigenvalue weighted by Crippen LogP contribution is 2.10. The van der Waals surface area contributed by atoms with Crippen LogP contribution in [0, 0.1) is 0 Å². The van der Waals surface area contributed by atoms with E-state index in [0.717, 1.165) is 12.8 Å². The van der Waals surface area contributed by atoms with Gasteiger partial charge in [0, 0.05) is 0 Å². The van der Waals surface area contributed by atoms with Crippen LogP contribution in [-0.2, 0) is 0 Å². The van der Waals surface area contributed by atoms with Gasteiger partial charge in [-0.15, -0.1) is 0 Å². The number of hydrogen-bond acceptors (Lipinski definition) is 0. The Bertz CT molecular complexity index is 140. The van der Waals surface area contributed by atoms with Gasteiger partial charge in [0.25, 0.3) is 0 Å². The molecule has 0 spiro atoms. The largest absolute Gasteiger partial charge is 0.243 e. The molecule has 0 aliphatic heterocycles. The molecule has 0 aliphatic rings. The van der Waals surface area contributed by atoms with Crippen LogP contribution in [-0.4, -0.2) is 6.17 Å². The van der Waals surface area contributed by atoms with E-state index in [9.17, 15) is 4.39 Å². The minimum atomic E-state index is -0.705. The zero-order chi connectivity index (χ0) is 11.4. The van der Waals surface area contributed by atoms with Gasteiger partial charge in [-0.25, -0.2) is 4.39 Å². The quantitative estimate of drug-likeness (QED) is 0.336. The lowest BCUT2D eigenvalue weighted by Crippen LogP contribution is -1.94. The lowest BCUT2D eigenvalue weighted by atomic mass is 10.1. The van der Waals surface area contributed by atoms with Crippen molar-refractivity contribution in [3.05, 3.63) is 12.2 Å². The summed E-state index contributed by atoms with van der Waals surface area (Å²) < 4.78 is 13.3. The first-order chi connectivity index (χ1) is 7.31. The maximum Gasteiger partial charge on any atom is 0.118 e. The summed E-state index contributed by atoms with van der Waals surface area (Å²) in [5, 5.41) is 0. The average Bonchev–Trinajstić information content (AvgIpc) is 2.24. The fourth-order valence-electron chi connectivity index (χ4n) is 1.62. The van der Waals surface area contributed by atoms with E-state index in [1.807, 2.05) is 6.08 Å². The highest BCUT2D eigenvalue weighted by Gasteiger charge is 1.99. The van der Waals surface area contributed by atoms with E-state index in [4.69, 9.17) is 0 Å². The van der Waals surface area contributed by atoms with E-state index in [-0.39, 0.29) is 0 Å². The summed E-state index contributed by atoms with van der Waals surface area (Å²) in [6, 6.07) is 0. The number of hydrogen-bond donors (Lipinski definition) is 0. The van der Waals surface area contributed by atoms with Gasteiger partial charge < -0.3 is 0 Å². The van der Waals surface area contributed by atoms with E-state index in [2.05, 4.69) is 13.8 Å². The van der Waals surface area contributed by atoms with Gasteiger partial charge in [0.2, 0.25) is 0 Å². The van der Waals surface area contributed by atoms with Gasteiger partial charge in [-0.05, 0) is 19.3 Å². The zero-order valence-corrected chi connectivity index (χ0v) is 10.5. The lowest BCUT2D eigenvalue weighted by molar-refractivity contribution is 0.364. The molecule has 0 nitrogen and oxygen atoms in total. The van der Waals surface area contributed by atoms with E-state index >= 15 is 0 Å². The van der Waals surface area contributed by atoms with Crippen molar-refractivity contribution < 1.29 is 4.39 Å². The summed E-state index contributed by atoms with van der Waals surface area (Å²) in [5.74, 6) is 0. The molecular weight excluding hydrogens is 187 g/mol. The Hall–Kier alpha value is -0.330. The van der Waals surface area contributed by atoms with E-state index in [1.54, 1.807) is 6.08 Å². The first kappa shape index (κ1) is 14.7. The second-order valence-corrected chi connectivity index (χ2v) is 4.29. The van der Waals surface area contributed by atoms with Crippen molar-refractivity contribution in [2.75, 3.05) is 0 Å². The predicted octanol–water partition coefficient (Wildman–Crippen LogP) is 5.43. The zero-order valence-electron chi connectivity index (χ0n) is 10.5. The fourth-order valence-corrected chi connectivity index (χ4v) is 1.62. The molecule has 0 N–H and O–H groups in total. The van der Waals surface area contributed by atoms with Gasteiger partial charge in [0.15, 0.2) is 0 Å². The highest BCUT2D eigenvalue weighted by molar-refractivity contribution is 4.88. The molecule has 1 unspecified atom stereocenters. The summed E-state index contributed by atoms with van der Waals surface area (Å²) in [5.41, 5.74) is 0. The molecule has 0 bridgehead atoms. The van der Waals surface area contributed by atoms with Crippen molar-refractivity contribution in [2.45, 2.75) is 77.8 Å². The van der Waals surface area contributed by atoms with Crippen LogP contribution in [0.25, 0.3) is 0 Å². The standard InChI is InChI=1S/C14H27F/c1-3-5-7-9-11-13-14(15)12-10-8-6-4-2/h11,13-14H,3-10,12H2,1-2H3. The molecule has 1 atom stereocenters. The summed E-state index contributed by atoms with van der Waals surface area (Å²) in [4.78, 5) is 0. The van der Waals surface area contributed by atoms with Gasteiger partial charge in [-0.1, -0.05) is 64.5 Å². The topological polar surface area (TPSA) is 0 Å². The Kier molecular flexibility index (Phi) is 11.5. The van der Waals surface area contributed by atoms with Gasteiger partial charge in [-0.2, -0.15) is 0 Å². The van der Waals surface area contributed by atoms with E-state index in [0.29, 0.717) is 6.42 Å². The molecule has 0 amide bonds. The maximum atomic E-state index is 13.3. The second kappa shape index (κ2) is 11.7. The molecule has 15 heavy (non-hydrogen) atoms. The molecule has 0 aromatic rings. The molecule has 0 aliphatic carbocycles. The van der Waals surface area contributed by atoms with Crippen LogP contribution in [0.3, 0.4) is 0 Å². The van der Waals surface area contributed by atoms with Crippen LogP contribution in [0.2, 0.25) is 0 Å². The predicted molar refractivity (Wildman–Crippen MR) is 66.9 cm³/mol. The Morgan fingerprint density at radius 3 is 2.27 bits per heavy atom. The summed E-state index contributed by atoms with van der Waals surface area (Å²) >= 11 is 0. The molecular formula is C14H27F. The smallest absolute Gasteiger partial charge is 0.118 e. The third kappa shape index (κ3) is 11.6. The third-order valence-electron chi connectivity index (χ3n) is 2.65. The van der Waals surface area contributed by atoms with Crippen LogP contribution in [0.5, 0.6) is 0 Å². The molecule has 0 rings (SSSR count). The van der Waals surface area contributed by atoms with E-state index < -0.39 is 6.17 Å². The number of rotatable bonds is 10. The van der Waals surface area contributed by atoms with Gasteiger partial charge >= 0.3 is 0 Å². The Balaban J connectivity index is 3.26. The first-order valence-electron chi connectivity index (χ1n) is 6.62. The third-order valence-corrected chi connectivity index (χ3v) is 2.65. The monoisotopic (exact) mass is 214 g/mol. The van der Waals surface area contributed by atoms with Crippen LogP contribution < -0.4 is 0 Å². The number of unbranched alkanes of at least 4 members (excludes halogenated alkanes) is 6. The second-order valence-electron chi connectivity index (χ2n) is 4.29. The molecule has 0 radical (unpaired) electrons. The average molecular weight is 214 g/mol. The van der Waals surface area contributed by atoms with Crippen molar-refractivity contribution >= 4 is 0 Å². The fraction of sp³-hybridized carbons (Fsp3) is 0.857. The highest BCUT2D eigenvalue weighted by atomic mass is 19.1. The van der Waals surface area contributed by atoms with Crippen molar-refractivity contribution in [1.82, 2.24) is 0 Å². The van der Waals surface area contributed by atoms with Crippen LogP contribution >= 0.6 is 0 Å². The van der Waals surface area contributed by atoms with Crippen LogP contribution in [0.1, 0.15) is 71.6 Å². The number of alkyl halides is 1. The number of halogens is 1. The molecule has 0 aromatic carbocycles. The van der Waals surface area contributed by atoms with Gasteiger partial charge in [0.1, 0.15) is 6.17 Å². The number of allylic oxidation sites excluding steroid dienone is 2. The maximum absolute atomic E-state index is 13.3. The molecule has 0 saturated heterocycles. The summed E-state index contributed by atoms with van der Waals surface area (Å²) in [7, 11) is 0. The van der Waals surface area contributed by atoms with Crippen molar-refractivity contribution in [1.29, 1.82) is 0 Å². The minimum absolute atomic E-state index is 0.705. The summed E-state index contributed by atoms with van der Waals surface area (Å²) in [6.07, 6.45) is 13.2. The Morgan fingerprint density at radius 1 is 0.933 bits per heavy atom. The van der Waals surface area contributed by atoms with Crippen molar-refractivity contribution in [2.24, 2.45) is 0 Å². The van der Waals surface area contributed by atoms with Crippen molar-refractivity contribution in [3.8, 4) is 0 Å². The molecule has 0 saturated carbocycles. The van der Waals surface area contributed by atoms with Crippen molar-refractivity contribution in [3.63, 3.8) is 0 Å².